The van der Waals surface area contributed by atoms with Gasteiger partial charge in [-0.2, -0.15) is 19.3 Å². The van der Waals surface area contributed by atoms with Crippen molar-refractivity contribution in [1.82, 2.24) is 24.2 Å². The smallest absolute Gasteiger partial charge is 0.244 e. The number of anilines is 3. The largest absolute Gasteiger partial charge is 0.368 e. The summed E-state index contributed by atoms with van der Waals surface area (Å²) in [5.41, 5.74) is 6.76. The Labute approximate surface area is 192 Å². The van der Waals surface area contributed by atoms with Crippen LogP contribution in [0.15, 0.2) is 59.5 Å². The number of benzene rings is 2. The quantitative estimate of drug-likeness (QED) is 0.561. The van der Waals surface area contributed by atoms with Gasteiger partial charge in [0.15, 0.2) is 5.82 Å². The minimum atomic E-state index is -3.65. The summed E-state index contributed by atoms with van der Waals surface area (Å²) in [6, 6.07) is 15.9. The third-order valence-corrected chi connectivity index (χ3v) is 7.75. The molecule has 4 rings (SSSR count). The molecule has 1 atom stereocenters. The number of nitrogens with two attached hydrogens (primary N) is 1. The van der Waals surface area contributed by atoms with E-state index in [1.165, 1.54) is 10.4 Å². The summed E-state index contributed by atoms with van der Waals surface area (Å²) < 4.78 is 27.4. The summed E-state index contributed by atoms with van der Waals surface area (Å²) in [5, 5.41) is 3.36. The normalized spacial score (nSPS) is 16.6. The van der Waals surface area contributed by atoms with Crippen LogP contribution >= 0.6 is 11.6 Å². The predicted molar refractivity (Wildman–Crippen MR) is 124 cm³/mol. The average molecular weight is 474 g/mol. The molecule has 2 heterocycles. The fourth-order valence-corrected chi connectivity index (χ4v) is 5.51. The van der Waals surface area contributed by atoms with Crippen LogP contribution in [0.2, 0.25) is 5.02 Å². The molecule has 1 aromatic heterocycles. The fraction of sp³-hybridized carbons (Fsp3) is 0.286. The Bertz CT molecular complexity index is 1190. The van der Waals surface area contributed by atoms with Crippen molar-refractivity contribution in [2.45, 2.75) is 17.9 Å². The molecule has 0 bridgehead atoms. The van der Waals surface area contributed by atoms with Crippen LogP contribution in [-0.4, -0.2) is 58.8 Å². The molecule has 1 saturated heterocycles. The number of hydrogen-bond acceptors (Lipinski definition) is 8. The van der Waals surface area contributed by atoms with E-state index < -0.39 is 10.0 Å². The number of hydrogen-bond donors (Lipinski definition) is 2. The zero-order valence-corrected chi connectivity index (χ0v) is 19.1. The third kappa shape index (κ3) is 4.83. The van der Waals surface area contributed by atoms with E-state index in [9.17, 15) is 8.42 Å². The number of sulfonamides is 1. The lowest BCUT2D eigenvalue weighted by Crippen LogP contribution is -2.49. The Morgan fingerprint density at radius 2 is 1.62 bits per heavy atom. The summed E-state index contributed by atoms with van der Waals surface area (Å²) in [6.07, 6.45) is 0. The highest BCUT2D eigenvalue weighted by Crippen LogP contribution is 2.27. The van der Waals surface area contributed by atoms with Gasteiger partial charge in [-0.3, -0.25) is 4.90 Å². The summed E-state index contributed by atoms with van der Waals surface area (Å²) in [5.74, 6) is 1.02. The van der Waals surface area contributed by atoms with Crippen molar-refractivity contribution < 1.29 is 8.42 Å². The summed E-state index contributed by atoms with van der Waals surface area (Å²) in [7, 11) is -3.65. The Morgan fingerprint density at radius 1 is 0.969 bits per heavy atom. The predicted octanol–water partition coefficient (Wildman–Crippen LogP) is 2.92. The minimum absolute atomic E-state index is 0.125. The van der Waals surface area contributed by atoms with Crippen molar-refractivity contribution >= 4 is 39.2 Å². The highest BCUT2D eigenvalue weighted by atomic mass is 35.5. The molecule has 0 aliphatic carbocycles. The van der Waals surface area contributed by atoms with Crippen molar-refractivity contribution in [3.8, 4) is 0 Å². The molecule has 1 aliphatic rings. The molecule has 1 fully saturated rings. The second-order valence-electron chi connectivity index (χ2n) is 7.41. The van der Waals surface area contributed by atoms with E-state index in [4.69, 9.17) is 17.3 Å². The number of aromatic nitrogens is 3. The van der Waals surface area contributed by atoms with Gasteiger partial charge in [-0.1, -0.05) is 41.9 Å². The van der Waals surface area contributed by atoms with Crippen LogP contribution in [0.3, 0.4) is 0 Å². The van der Waals surface area contributed by atoms with E-state index in [2.05, 4.69) is 25.2 Å². The molecule has 3 N–H and O–H groups in total. The first-order valence-corrected chi connectivity index (χ1v) is 12.0. The Kier molecular flexibility index (Phi) is 6.56. The molecule has 11 heteroatoms. The van der Waals surface area contributed by atoms with Gasteiger partial charge in [0.05, 0.1) is 11.1 Å². The number of rotatable bonds is 6. The van der Waals surface area contributed by atoms with E-state index in [-0.39, 0.29) is 21.9 Å². The number of nitrogens with zero attached hydrogens (tertiary/aromatic N) is 5. The maximum absolute atomic E-state index is 13.0. The zero-order valence-electron chi connectivity index (χ0n) is 17.5. The number of piperazine rings is 1. The Morgan fingerprint density at radius 3 is 2.31 bits per heavy atom. The van der Waals surface area contributed by atoms with E-state index in [1.54, 1.807) is 18.2 Å². The third-order valence-electron chi connectivity index (χ3n) is 5.35. The lowest BCUT2D eigenvalue weighted by Gasteiger charge is -2.36. The molecule has 0 radical (unpaired) electrons. The highest BCUT2D eigenvalue weighted by Gasteiger charge is 2.32. The van der Waals surface area contributed by atoms with E-state index in [1.807, 2.05) is 37.3 Å². The van der Waals surface area contributed by atoms with Crippen LogP contribution in [0, 0.1) is 0 Å². The van der Waals surface area contributed by atoms with Crippen molar-refractivity contribution in [2.24, 2.45) is 0 Å². The van der Waals surface area contributed by atoms with Crippen molar-refractivity contribution in [2.75, 3.05) is 37.2 Å². The first kappa shape index (κ1) is 22.4. The van der Waals surface area contributed by atoms with Crippen LogP contribution in [-0.2, 0) is 10.0 Å². The van der Waals surface area contributed by atoms with Crippen LogP contribution in [0.1, 0.15) is 18.8 Å². The molecule has 9 nitrogen and oxygen atoms in total. The van der Waals surface area contributed by atoms with Crippen LogP contribution in [0.5, 0.6) is 0 Å². The molecule has 1 unspecified atom stereocenters. The molecule has 0 amide bonds. The van der Waals surface area contributed by atoms with Gasteiger partial charge in [0.1, 0.15) is 4.90 Å². The van der Waals surface area contributed by atoms with Gasteiger partial charge in [-0.05, 0) is 31.2 Å². The monoisotopic (exact) mass is 473 g/mol. The number of para-hydroxylation sites is 1. The van der Waals surface area contributed by atoms with E-state index in [0.717, 1.165) is 5.69 Å². The molecule has 1 aliphatic heterocycles. The lowest BCUT2D eigenvalue weighted by molar-refractivity contribution is 0.141. The number of nitrogen functional groups attached to an aromatic ring is 1. The van der Waals surface area contributed by atoms with Crippen molar-refractivity contribution in [3.63, 3.8) is 0 Å². The summed E-state index contributed by atoms with van der Waals surface area (Å²) in [4.78, 5) is 15.3. The molecule has 0 saturated carbocycles. The second kappa shape index (κ2) is 9.37. The first-order valence-electron chi connectivity index (χ1n) is 10.2. The molecule has 3 aromatic rings. The lowest BCUT2D eigenvalue weighted by atomic mass is 10.2. The molecule has 32 heavy (non-hydrogen) atoms. The van der Waals surface area contributed by atoms with Crippen molar-refractivity contribution in [1.29, 1.82) is 0 Å². The number of nitrogens with one attached hydrogen (secondary N) is 1. The topological polar surface area (TPSA) is 117 Å². The van der Waals surface area contributed by atoms with Gasteiger partial charge in [0.25, 0.3) is 0 Å². The summed E-state index contributed by atoms with van der Waals surface area (Å²) >= 11 is 6.12. The SMILES string of the molecule is CC(c1nc(N)nc(Nc2ccccc2)n1)N1CCN(S(=O)(=O)c2ccccc2Cl)CC1. The zero-order chi connectivity index (χ0) is 22.7. The Balaban J connectivity index is 1.45. The first-order chi connectivity index (χ1) is 15.3. The van der Waals surface area contributed by atoms with E-state index >= 15 is 0 Å². The van der Waals surface area contributed by atoms with Gasteiger partial charge < -0.3 is 11.1 Å². The summed E-state index contributed by atoms with van der Waals surface area (Å²) in [6.45, 7) is 3.70. The molecule has 168 valence electrons. The second-order valence-corrected chi connectivity index (χ2v) is 9.73. The van der Waals surface area contributed by atoms with Crippen LogP contribution in [0.4, 0.5) is 17.6 Å². The maximum Gasteiger partial charge on any atom is 0.244 e. The Hall–Kier alpha value is -2.79. The molecule has 2 aromatic carbocycles. The number of halogens is 1. The fourth-order valence-electron chi connectivity index (χ4n) is 3.59. The van der Waals surface area contributed by atoms with Gasteiger partial charge in [0.2, 0.25) is 21.9 Å². The van der Waals surface area contributed by atoms with Gasteiger partial charge in [-0.25, -0.2) is 8.42 Å². The maximum atomic E-state index is 13.0. The van der Waals surface area contributed by atoms with Crippen molar-refractivity contribution in [3.05, 3.63) is 65.4 Å². The van der Waals surface area contributed by atoms with Gasteiger partial charge in [0, 0.05) is 31.9 Å². The van der Waals surface area contributed by atoms with E-state index in [0.29, 0.717) is 38.0 Å². The molecule has 0 spiro atoms. The van der Waals surface area contributed by atoms with Crippen LogP contribution < -0.4 is 11.1 Å². The molecular formula is C21H24ClN7O2S. The minimum Gasteiger partial charge on any atom is -0.368 e. The standard InChI is InChI=1S/C21H24ClN7O2S/c1-15(19-25-20(23)27-21(26-19)24-16-7-3-2-4-8-16)28-11-13-29(14-12-28)32(30,31)18-10-6-5-9-17(18)22/h2-10,15H,11-14H2,1H3,(H3,23,24,25,26,27). The highest BCUT2D eigenvalue weighted by molar-refractivity contribution is 7.89. The van der Waals surface area contributed by atoms with Gasteiger partial charge in [-0.15, -0.1) is 0 Å². The molecular weight excluding hydrogens is 450 g/mol. The van der Waals surface area contributed by atoms with Gasteiger partial charge >= 0.3 is 0 Å². The van der Waals surface area contributed by atoms with Crippen LogP contribution in [0.25, 0.3) is 0 Å². The average Bonchev–Trinajstić information content (AvgIpc) is 2.79.